The van der Waals surface area contributed by atoms with E-state index in [1.165, 1.54) is 19.4 Å². The number of rotatable bonds is 14. The van der Waals surface area contributed by atoms with E-state index in [-0.39, 0.29) is 52.6 Å². The Morgan fingerprint density at radius 2 is 1.09 bits per heavy atom. The Morgan fingerprint density at radius 1 is 0.541 bits per heavy atom. The van der Waals surface area contributed by atoms with Gasteiger partial charge in [0.05, 0.1) is 50.2 Å². The number of aliphatic hydroxyl groups excluding tert-OH is 14. The molecule has 10 aliphatic rings. The standard InChI is InChI=1S/C59H96O26/c1-24-34(64)38(68)40(70)48(77-24)84-46-43(73)51(80-30(21-61)44(46)82-49-41(71)39(69)37(67)29(20-60)79-49)83-45-35(65)25(2)78-50(42(45)72)85-47-36(66)28(63)22-76-52(47)81-33-12-13-55(5)31(56(33,6)23-62)11-14-58(8)32(55)10-9-26-27-19-54(3,4)15-17-59(27,53(74)75)18-16-57(26,58)7/h9,24-25,27-52,60-73H,10-23H2,1-8H3,(H,74,75)/t24-,25-,27+,28-,29+,30+,31+,32+,33-,34-,35-,36-,37+,38+,39-,40+,41+,42+,43+,44+,45+,46+,47+,48+,49-,50-,51-,52-,55+,56-,57+,58+,59-/m0/s1. The van der Waals surface area contributed by atoms with Crippen molar-refractivity contribution in [3.63, 3.8) is 0 Å². The third kappa shape index (κ3) is 11.0. The van der Waals surface area contributed by atoms with Crippen molar-refractivity contribution in [2.45, 2.75) is 273 Å². The minimum absolute atomic E-state index is 0.0156. The molecule has 26 heteroatoms. The van der Waals surface area contributed by atoms with Crippen LogP contribution in [-0.4, -0.2) is 263 Å². The third-order valence-electron chi connectivity index (χ3n) is 23.3. The Labute approximate surface area is 494 Å². The fraction of sp³-hybridized carbons (Fsp3) is 0.949. The van der Waals surface area contributed by atoms with Crippen LogP contribution in [0.5, 0.6) is 0 Å². The fourth-order valence-corrected chi connectivity index (χ4v) is 17.7. The first kappa shape index (κ1) is 66.2. The number of fused-ring (bicyclic) bond motifs is 7. The van der Waals surface area contributed by atoms with Crippen molar-refractivity contribution < 1.29 is 129 Å². The van der Waals surface area contributed by atoms with Gasteiger partial charge in [-0.2, -0.15) is 0 Å². The number of aliphatic hydroxyl groups is 14. The summed E-state index contributed by atoms with van der Waals surface area (Å²) < 4.78 is 60.7. The van der Waals surface area contributed by atoms with Crippen molar-refractivity contribution in [2.24, 2.45) is 50.2 Å². The van der Waals surface area contributed by atoms with Crippen LogP contribution >= 0.6 is 0 Å². The molecular weight excluding hydrogens is 1120 g/mol. The number of ether oxygens (including phenoxy) is 10. The van der Waals surface area contributed by atoms with Crippen molar-refractivity contribution >= 4 is 5.97 Å². The summed E-state index contributed by atoms with van der Waals surface area (Å²) in [6.07, 6.45) is -32.8. The van der Waals surface area contributed by atoms with Gasteiger partial charge in [-0.25, -0.2) is 0 Å². The van der Waals surface area contributed by atoms with E-state index in [4.69, 9.17) is 47.4 Å². The SMILES string of the molecule is C[C@@H]1O[C@H](O[C@@H]2[C@@H](O)[C@H](O[C@@H]3[C@@H](O)[C@H](C)O[C@@H](O[C@H]4[C@H](O[C@H]5CC[C@]6(C)[C@@H](CC[C@]7(C)[C@@H]6CC=C6[C@H]8CC(C)(C)CC[C@]8(C(=O)O)CC[C@]67C)[C@]5(C)CO)OC[C@H](O)[C@@H]4O)[C@@H]3O)O[C@H](CO)[C@H]2O[C@@H]2O[C@H](CO)[C@@H](O)[C@H](O)[C@H]2O)[C@H](O)[C@H](O)[C@H]1O. The maximum Gasteiger partial charge on any atom is 0.310 e. The number of carboxylic acid groups (broad SMARTS) is 1. The van der Waals surface area contributed by atoms with Crippen molar-refractivity contribution in [3.8, 4) is 0 Å². The molecule has 5 aliphatic carbocycles. The molecule has 15 N–H and O–H groups in total. The number of hydrogen-bond acceptors (Lipinski definition) is 25. The zero-order valence-electron chi connectivity index (χ0n) is 49.8. The molecule has 0 unspecified atom stereocenters. The van der Waals surface area contributed by atoms with Gasteiger partial charge in [0.15, 0.2) is 31.5 Å². The molecule has 10 rings (SSSR count). The lowest BCUT2D eigenvalue weighted by atomic mass is 9.33. The first-order valence-corrected chi connectivity index (χ1v) is 30.6. The molecule has 4 saturated carbocycles. The summed E-state index contributed by atoms with van der Waals surface area (Å²) in [5, 5.41) is 166. The molecule has 488 valence electrons. The maximum atomic E-state index is 13.2. The van der Waals surface area contributed by atoms with E-state index in [1.54, 1.807) is 0 Å². The predicted octanol–water partition coefficient (Wildman–Crippen LogP) is -1.98. The van der Waals surface area contributed by atoms with Crippen molar-refractivity contribution in [1.82, 2.24) is 0 Å². The van der Waals surface area contributed by atoms with E-state index < -0.39 is 184 Å². The van der Waals surface area contributed by atoms with Crippen LogP contribution in [-0.2, 0) is 52.2 Å². The van der Waals surface area contributed by atoms with E-state index in [9.17, 15) is 81.4 Å². The van der Waals surface area contributed by atoms with Gasteiger partial charge in [-0.1, -0.05) is 53.2 Å². The largest absolute Gasteiger partial charge is 0.481 e. The molecule has 0 radical (unpaired) electrons. The van der Waals surface area contributed by atoms with Crippen molar-refractivity contribution in [2.75, 3.05) is 26.4 Å². The van der Waals surface area contributed by atoms with Crippen LogP contribution in [0.25, 0.3) is 0 Å². The molecule has 33 atom stereocenters. The highest BCUT2D eigenvalue weighted by Crippen LogP contribution is 2.76. The summed E-state index contributed by atoms with van der Waals surface area (Å²) in [5.74, 6) is -0.617. The van der Waals surface area contributed by atoms with Crippen LogP contribution < -0.4 is 0 Å². The average Bonchev–Trinajstić information content (AvgIpc) is 0.684. The second kappa shape index (κ2) is 24.4. The molecule has 9 fully saturated rings. The van der Waals surface area contributed by atoms with E-state index in [2.05, 4.69) is 40.7 Å². The number of allylic oxidation sites excluding steroid dienone is 2. The number of carboxylic acids is 1. The van der Waals surface area contributed by atoms with Crippen LogP contribution in [0.3, 0.4) is 0 Å². The molecule has 0 bridgehead atoms. The minimum Gasteiger partial charge on any atom is -0.481 e. The van der Waals surface area contributed by atoms with E-state index in [0.29, 0.717) is 25.7 Å². The Kier molecular flexibility index (Phi) is 19.0. The molecule has 5 aliphatic heterocycles. The molecule has 0 aromatic carbocycles. The Morgan fingerprint density at radius 3 is 1.74 bits per heavy atom. The monoisotopic (exact) mass is 1220 g/mol. The smallest absolute Gasteiger partial charge is 0.310 e. The summed E-state index contributed by atoms with van der Waals surface area (Å²) in [6.45, 7) is 13.9. The van der Waals surface area contributed by atoms with E-state index in [0.717, 1.165) is 38.5 Å². The Bertz CT molecular complexity index is 2370. The predicted molar refractivity (Wildman–Crippen MR) is 288 cm³/mol. The molecule has 5 heterocycles. The highest BCUT2D eigenvalue weighted by molar-refractivity contribution is 5.76. The molecule has 85 heavy (non-hydrogen) atoms. The van der Waals surface area contributed by atoms with Crippen LogP contribution in [0.15, 0.2) is 11.6 Å². The van der Waals surface area contributed by atoms with Crippen molar-refractivity contribution in [1.29, 1.82) is 0 Å². The van der Waals surface area contributed by atoms with Gasteiger partial charge in [-0.3, -0.25) is 4.79 Å². The zero-order valence-corrected chi connectivity index (χ0v) is 49.8. The molecule has 0 spiro atoms. The van der Waals surface area contributed by atoms with E-state index >= 15 is 0 Å². The van der Waals surface area contributed by atoms with Gasteiger partial charge in [0.2, 0.25) is 0 Å². The quantitative estimate of drug-likeness (QED) is 0.0662. The Hall–Kier alpha value is -1.75. The van der Waals surface area contributed by atoms with Crippen LogP contribution in [0.4, 0.5) is 0 Å². The zero-order chi connectivity index (χ0) is 62.0. The summed E-state index contributed by atoms with van der Waals surface area (Å²) in [7, 11) is 0. The number of hydrogen-bond donors (Lipinski definition) is 15. The molecule has 0 aromatic heterocycles. The molecule has 0 amide bonds. The summed E-state index contributed by atoms with van der Waals surface area (Å²) in [4.78, 5) is 13.2. The minimum atomic E-state index is -2.13. The van der Waals surface area contributed by atoms with Gasteiger partial charge in [0.25, 0.3) is 0 Å². The lowest BCUT2D eigenvalue weighted by molar-refractivity contribution is -0.403. The highest BCUT2D eigenvalue weighted by atomic mass is 16.8. The fourth-order valence-electron chi connectivity index (χ4n) is 17.7. The second-order valence-electron chi connectivity index (χ2n) is 28.5. The van der Waals surface area contributed by atoms with Gasteiger partial charge in [0.1, 0.15) is 104 Å². The van der Waals surface area contributed by atoms with E-state index in [1.807, 2.05) is 6.92 Å². The van der Waals surface area contributed by atoms with Gasteiger partial charge in [0, 0.05) is 5.41 Å². The lowest BCUT2D eigenvalue weighted by Gasteiger charge is -2.71. The van der Waals surface area contributed by atoms with Gasteiger partial charge in [-0.05, 0) is 117 Å². The van der Waals surface area contributed by atoms with Gasteiger partial charge >= 0.3 is 5.97 Å². The molecule has 5 saturated heterocycles. The van der Waals surface area contributed by atoms with Gasteiger partial charge in [-0.15, -0.1) is 0 Å². The summed E-state index contributed by atoms with van der Waals surface area (Å²) in [6, 6.07) is 0. The van der Waals surface area contributed by atoms with Crippen LogP contribution in [0, 0.1) is 50.2 Å². The average molecular weight is 1220 g/mol. The van der Waals surface area contributed by atoms with Crippen LogP contribution in [0.1, 0.15) is 120 Å². The molecule has 0 aromatic rings. The number of carbonyl (C=O) groups is 1. The first-order valence-electron chi connectivity index (χ1n) is 30.6. The normalized spacial score (nSPS) is 55.3. The third-order valence-corrected chi connectivity index (χ3v) is 23.3. The van der Waals surface area contributed by atoms with Gasteiger partial charge < -0.3 is 124 Å². The maximum absolute atomic E-state index is 13.2. The molecule has 26 nitrogen and oxygen atoms in total. The van der Waals surface area contributed by atoms with Crippen molar-refractivity contribution in [3.05, 3.63) is 11.6 Å². The summed E-state index contributed by atoms with van der Waals surface area (Å²) in [5.41, 5.74) is -1.04. The Balaban J connectivity index is 0.868. The lowest BCUT2D eigenvalue weighted by Crippen LogP contribution is -2.68. The highest BCUT2D eigenvalue weighted by Gasteiger charge is 2.70. The first-order chi connectivity index (χ1) is 39.9. The molecular formula is C59H96O26. The summed E-state index contributed by atoms with van der Waals surface area (Å²) >= 11 is 0. The topological polar surface area (TPSA) is 413 Å². The second-order valence-corrected chi connectivity index (χ2v) is 28.5. The van der Waals surface area contributed by atoms with Crippen LogP contribution in [0.2, 0.25) is 0 Å². The number of aliphatic carboxylic acids is 1.